The average Bonchev–Trinajstić information content (AvgIpc) is 3.29. The molecule has 8 nitrogen and oxygen atoms in total. The lowest BCUT2D eigenvalue weighted by atomic mass is 10.1. The molecule has 1 N–H and O–H groups in total. The van der Waals surface area contributed by atoms with Gasteiger partial charge in [-0.05, 0) is 50.5 Å². The number of methoxy groups -OCH3 is 1. The Labute approximate surface area is 226 Å². The number of hydrogen-bond donors (Lipinski definition) is 1. The van der Waals surface area contributed by atoms with E-state index in [9.17, 15) is 9.59 Å². The second-order valence-electron chi connectivity index (χ2n) is 7.69. The maximum Gasteiger partial charge on any atom is 0.411 e. The van der Waals surface area contributed by atoms with Gasteiger partial charge in [-0.3, -0.25) is 5.32 Å². The van der Waals surface area contributed by atoms with E-state index in [-0.39, 0.29) is 18.6 Å². The first-order chi connectivity index (χ1) is 17.7. The first-order valence-electron chi connectivity index (χ1n) is 11.5. The smallest absolute Gasteiger partial charge is 0.411 e. The predicted molar refractivity (Wildman–Crippen MR) is 151 cm³/mol. The topological polar surface area (TPSA) is 91.7 Å². The molecule has 0 radical (unpaired) electrons. The van der Waals surface area contributed by atoms with E-state index in [4.69, 9.17) is 25.8 Å². The summed E-state index contributed by atoms with van der Waals surface area (Å²) < 4.78 is 17.9. The van der Waals surface area contributed by atoms with Crippen LogP contribution in [0.1, 0.15) is 20.8 Å². The van der Waals surface area contributed by atoms with E-state index in [1.165, 1.54) is 18.9 Å². The van der Waals surface area contributed by atoms with Crippen molar-refractivity contribution >= 4 is 58.3 Å². The van der Waals surface area contributed by atoms with Gasteiger partial charge >= 0.3 is 12.1 Å². The number of amides is 1. The van der Waals surface area contributed by atoms with Gasteiger partial charge in [0.2, 0.25) is 0 Å². The second kappa shape index (κ2) is 15.0. The number of rotatable bonds is 12. The summed E-state index contributed by atoms with van der Waals surface area (Å²) in [6.45, 7) is 9.48. The number of carbonyl (C=O) groups excluding carboxylic acids is 2. The summed E-state index contributed by atoms with van der Waals surface area (Å²) in [7, 11) is 1.32. The number of allylic oxidation sites excluding steroid dienone is 5. The predicted octanol–water partition coefficient (Wildman–Crippen LogP) is 6.73. The van der Waals surface area contributed by atoms with Gasteiger partial charge in [-0.25, -0.2) is 14.6 Å². The number of anilines is 1. The number of carbonyl (C=O) groups is 2. The van der Waals surface area contributed by atoms with Gasteiger partial charge in [-0.1, -0.05) is 43.3 Å². The minimum atomic E-state index is -0.532. The summed E-state index contributed by atoms with van der Waals surface area (Å²) >= 11 is 7.68. The van der Waals surface area contributed by atoms with E-state index in [1.807, 2.05) is 19.9 Å². The van der Waals surface area contributed by atoms with E-state index in [0.717, 1.165) is 5.52 Å². The van der Waals surface area contributed by atoms with E-state index < -0.39 is 12.1 Å². The lowest BCUT2D eigenvalue weighted by Gasteiger charge is -2.23. The Morgan fingerprint density at radius 1 is 1.30 bits per heavy atom. The minimum absolute atomic E-state index is 0.153. The number of nitrogens with one attached hydrogen (secondary N) is 1. The van der Waals surface area contributed by atoms with Crippen molar-refractivity contribution in [3.05, 3.63) is 77.2 Å². The van der Waals surface area contributed by atoms with Crippen LogP contribution in [0.15, 0.2) is 77.2 Å². The molecule has 1 aromatic heterocycles. The number of halogens is 1. The van der Waals surface area contributed by atoms with Crippen molar-refractivity contribution < 1.29 is 23.8 Å². The number of hydrogen-bond acceptors (Lipinski definition) is 7. The fourth-order valence-electron chi connectivity index (χ4n) is 3.11. The van der Waals surface area contributed by atoms with Crippen LogP contribution in [-0.4, -0.2) is 47.7 Å². The number of aromatic nitrogens is 2. The summed E-state index contributed by atoms with van der Waals surface area (Å²) in [4.78, 5) is 28.9. The normalized spacial score (nSPS) is 14.4. The SMILES string of the molecule is C=C/C=C\C=C(\Cl)C(C)C(C)OC(/C=C/n1cnc2cc(NC(=O)OCC)ccc21)=C(/SC)C(=O)OC. The van der Waals surface area contributed by atoms with Gasteiger partial charge < -0.3 is 18.8 Å². The Morgan fingerprint density at radius 3 is 2.70 bits per heavy atom. The molecule has 0 bridgehead atoms. The monoisotopic (exact) mass is 545 g/mol. The molecule has 0 saturated heterocycles. The molecule has 1 heterocycles. The van der Waals surface area contributed by atoms with Gasteiger partial charge in [0, 0.05) is 22.8 Å². The molecule has 37 heavy (non-hydrogen) atoms. The fraction of sp³-hybridized carbons (Fsp3) is 0.296. The summed E-state index contributed by atoms with van der Waals surface area (Å²) in [5.41, 5.74) is 2.01. The molecule has 2 rings (SSSR count). The molecule has 10 heteroatoms. The van der Waals surface area contributed by atoms with Crippen molar-refractivity contribution in [2.75, 3.05) is 25.3 Å². The Kier molecular flexibility index (Phi) is 12.1. The van der Waals surface area contributed by atoms with Crippen LogP contribution in [0.3, 0.4) is 0 Å². The number of imidazole rings is 1. The highest BCUT2D eigenvalue weighted by Gasteiger charge is 2.22. The molecule has 2 aromatic rings. The first-order valence-corrected chi connectivity index (χ1v) is 13.1. The standard InChI is InChI=1S/C27H32ClN3O5S/c1-7-9-10-11-21(28)18(3)19(4)36-24(25(37-6)26(32)34-5)14-15-31-17-29-22-16-20(12-13-23(22)31)30-27(33)35-8-2/h7,9-19H,1,8H2,2-6H3,(H,30,33)/b10-9-,15-14+,21-11+,25-24+. The molecule has 0 fully saturated rings. The highest BCUT2D eigenvalue weighted by atomic mass is 35.5. The van der Waals surface area contributed by atoms with Crippen molar-refractivity contribution in [1.29, 1.82) is 0 Å². The van der Waals surface area contributed by atoms with Crippen LogP contribution in [0.5, 0.6) is 0 Å². The molecule has 1 amide bonds. The number of fused-ring (bicyclic) bond motifs is 1. The number of esters is 1. The molecule has 198 valence electrons. The maximum atomic E-state index is 12.5. The van der Waals surface area contributed by atoms with Gasteiger partial charge in [0.15, 0.2) is 0 Å². The quantitative estimate of drug-likeness (QED) is 0.137. The molecule has 0 saturated carbocycles. The number of thioether (sulfide) groups is 1. The van der Waals surface area contributed by atoms with Crippen molar-refractivity contribution in [1.82, 2.24) is 9.55 Å². The Hall–Kier alpha value is -3.43. The number of nitrogens with zero attached hydrogens (tertiary/aromatic N) is 2. The average molecular weight is 546 g/mol. The second-order valence-corrected chi connectivity index (χ2v) is 8.94. The zero-order valence-corrected chi connectivity index (χ0v) is 23.1. The van der Waals surface area contributed by atoms with Gasteiger partial charge in [0.25, 0.3) is 0 Å². The summed E-state index contributed by atoms with van der Waals surface area (Å²) in [5, 5.41) is 3.26. The molecule has 2 atom stereocenters. The molecule has 1 aromatic carbocycles. The molecule has 0 aliphatic carbocycles. The van der Waals surface area contributed by atoms with E-state index in [1.54, 1.807) is 72.8 Å². The highest BCUT2D eigenvalue weighted by molar-refractivity contribution is 8.03. The molecule has 2 unspecified atom stereocenters. The number of benzene rings is 1. The largest absolute Gasteiger partial charge is 0.489 e. The van der Waals surface area contributed by atoms with Crippen LogP contribution in [0.4, 0.5) is 10.5 Å². The van der Waals surface area contributed by atoms with Crippen LogP contribution >= 0.6 is 23.4 Å². The van der Waals surface area contributed by atoms with Crippen LogP contribution in [-0.2, 0) is 19.0 Å². The fourth-order valence-corrected chi connectivity index (χ4v) is 3.93. The Balaban J connectivity index is 2.36. The first kappa shape index (κ1) is 29.8. The third-order valence-corrected chi connectivity index (χ3v) is 6.48. The van der Waals surface area contributed by atoms with Crippen molar-refractivity contribution in [3.63, 3.8) is 0 Å². The van der Waals surface area contributed by atoms with E-state index in [2.05, 4.69) is 16.9 Å². The van der Waals surface area contributed by atoms with Gasteiger partial charge in [0.1, 0.15) is 16.8 Å². The zero-order valence-electron chi connectivity index (χ0n) is 21.6. The summed E-state index contributed by atoms with van der Waals surface area (Å²) in [6.07, 6.45) is 13.0. The van der Waals surface area contributed by atoms with Gasteiger partial charge in [0.05, 0.1) is 31.1 Å². The summed E-state index contributed by atoms with van der Waals surface area (Å²) in [5.74, 6) is -0.320. The summed E-state index contributed by atoms with van der Waals surface area (Å²) in [6, 6.07) is 5.31. The molecule has 0 aliphatic rings. The third kappa shape index (κ3) is 8.58. The Bertz CT molecular complexity index is 1230. The maximum absolute atomic E-state index is 12.5. The molecular weight excluding hydrogens is 514 g/mol. The van der Waals surface area contributed by atoms with E-state index >= 15 is 0 Å². The van der Waals surface area contributed by atoms with Crippen LogP contribution in [0.2, 0.25) is 0 Å². The zero-order chi connectivity index (χ0) is 27.4. The minimum Gasteiger partial charge on any atom is -0.489 e. The Morgan fingerprint density at radius 2 is 2.05 bits per heavy atom. The number of ether oxygens (including phenoxy) is 3. The highest BCUT2D eigenvalue weighted by Crippen LogP contribution is 2.28. The molecule has 0 aliphatic heterocycles. The lowest BCUT2D eigenvalue weighted by Crippen LogP contribution is -2.19. The molecule has 0 spiro atoms. The van der Waals surface area contributed by atoms with Crippen LogP contribution in [0.25, 0.3) is 17.2 Å². The van der Waals surface area contributed by atoms with Gasteiger partial charge in [-0.2, -0.15) is 0 Å². The van der Waals surface area contributed by atoms with E-state index in [0.29, 0.717) is 26.9 Å². The third-order valence-electron chi connectivity index (χ3n) is 5.24. The van der Waals surface area contributed by atoms with Gasteiger partial charge in [-0.15, -0.1) is 11.8 Å². The lowest BCUT2D eigenvalue weighted by molar-refractivity contribution is -0.135. The van der Waals surface area contributed by atoms with Crippen molar-refractivity contribution in [3.8, 4) is 0 Å². The van der Waals surface area contributed by atoms with Crippen LogP contribution < -0.4 is 5.32 Å². The van der Waals surface area contributed by atoms with Crippen molar-refractivity contribution in [2.45, 2.75) is 26.9 Å². The molecular formula is C27H32ClN3O5S. The van der Waals surface area contributed by atoms with Crippen LogP contribution in [0, 0.1) is 5.92 Å². The van der Waals surface area contributed by atoms with Crippen molar-refractivity contribution in [2.24, 2.45) is 5.92 Å².